The van der Waals surface area contributed by atoms with E-state index in [1.54, 1.807) is 6.92 Å². The van der Waals surface area contributed by atoms with Crippen LogP contribution in [0.15, 0.2) is 23.0 Å². The predicted molar refractivity (Wildman–Crippen MR) is 54.3 cm³/mol. The van der Waals surface area contributed by atoms with Gasteiger partial charge in [-0.05, 0) is 25.1 Å². The molecule has 72 valence electrons. The first-order valence-corrected chi connectivity index (χ1v) is 4.45. The van der Waals surface area contributed by atoms with Crippen LogP contribution < -0.4 is 5.43 Å². The Morgan fingerprint density at radius 1 is 1.43 bits per heavy atom. The fraction of sp³-hybridized carbons (Fsp3) is 0.100. The topological polar surface area (TPSA) is 32.9 Å². The quantitative estimate of drug-likeness (QED) is 0.668. The minimum atomic E-state index is -0.395. The van der Waals surface area contributed by atoms with Crippen LogP contribution in [0, 0.1) is 12.7 Å². The van der Waals surface area contributed by atoms with E-state index < -0.39 is 5.82 Å². The highest BCUT2D eigenvalue weighted by atomic mass is 35.5. The summed E-state index contributed by atoms with van der Waals surface area (Å²) in [6, 6.07) is 3.96. The van der Waals surface area contributed by atoms with Crippen LogP contribution in [0.1, 0.15) is 5.56 Å². The minimum Gasteiger partial charge on any atom is -0.345 e. The molecule has 0 unspecified atom stereocenters. The first-order valence-electron chi connectivity index (χ1n) is 4.07. The summed E-state index contributed by atoms with van der Waals surface area (Å²) in [4.78, 5) is 14.4. The van der Waals surface area contributed by atoms with Gasteiger partial charge in [-0.3, -0.25) is 4.79 Å². The second kappa shape index (κ2) is 3.10. The highest BCUT2D eigenvalue weighted by Gasteiger charge is 2.06. The van der Waals surface area contributed by atoms with Gasteiger partial charge < -0.3 is 4.98 Å². The largest absolute Gasteiger partial charge is 0.345 e. The molecular weight excluding hydrogens is 205 g/mol. The van der Waals surface area contributed by atoms with Gasteiger partial charge in [-0.2, -0.15) is 0 Å². The van der Waals surface area contributed by atoms with Gasteiger partial charge in [0.1, 0.15) is 11.0 Å². The fourth-order valence-electron chi connectivity index (χ4n) is 1.33. The van der Waals surface area contributed by atoms with Crippen LogP contribution in [-0.2, 0) is 0 Å². The summed E-state index contributed by atoms with van der Waals surface area (Å²) in [5.74, 6) is -0.395. The van der Waals surface area contributed by atoms with Gasteiger partial charge in [0.15, 0.2) is 5.43 Å². The number of hydrogen-bond acceptors (Lipinski definition) is 1. The van der Waals surface area contributed by atoms with Gasteiger partial charge in [0.25, 0.3) is 0 Å². The summed E-state index contributed by atoms with van der Waals surface area (Å²) in [7, 11) is 0. The molecule has 1 aromatic heterocycles. The number of aromatic nitrogens is 1. The summed E-state index contributed by atoms with van der Waals surface area (Å²) in [6.07, 6.45) is 0. The molecule has 0 amide bonds. The van der Waals surface area contributed by atoms with E-state index in [0.29, 0.717) is 16.5 Å². The number of pyridine rings is 1. The second-order valence-corrected chi connectivity index (χ2v) is 3.46. The summed E-state index contributed by atoms with van der Waals surface area (Å²) in [5.41, 5.74) is 0.708. The molecule has 0 spiro atoms. The Balaban J connectivity index is 2.98. The zero-order valence-corrected chi connectivity index (χ0v) is 8.15. The second-order valence-electron chi connectivity index (χ2n) is 3.08. The lowest BCUT2D eigenvalue weighted by molar-refractivity contribution is 0.629. The number of nitrogens with one attached hydrogen (secondary N) is 1. The monoisotopic (exact) mass is 211 g/mol. The standard InChI is InChI=1S/C10H7ClFNO/c1-5-9(14)7-3-2-6(12)4-8(7)13-10(5)11/h2-4H,1H3,(H,13,14). The van der Waals surface area contributed by atoms with Crippen molar-refractivity contribution >= 4 is 22.5 Å². The smallest absolute Gasteiger partial charge is 0.193 e. The van der Waals surface area contributed by atoms with E-state index in [4.69, 9.17) is 11.6 Å². The van der Waals surface area contributed by atoms with Crippen LogP contribution in [0.4, 0.5) is 4.39 Å². The number of fused-ring (bicyclic) bond motifs is 1. The highest BCUT2D eigenvalue weighted by molar-refractivity contribution is 6.30. The maximum absolute atomic E-state index is 12.8. The molecule has 0 saturated heterocycles. The Bertz CT molecular complexity index is 562. The van der Waals surface area contributed by atoms with Crippen molar-refractivity contribution in [1.82, 2.24) is 4.98 Å². The van der Waals surface area contributed by atoms with Crippen LogP contribution in [-0.4, -0.2) is 4.98 Å². The minimum absolute atomic E-state index is 0.163. The van der Waals surface area contributed by atoms with E-state index in [2.05, 4.69) is 4.98 Å². The van der Waals surface area contributed by atoms with E-state index in [1.165, 1.54) is 18.2 Å². The highest BCUT2D eigenvalue weighted by Crippen LogP contribution is 2.15. The van der Waals surface area contributed by atoms with E-state index in [1.807, 2.05) is 0 Å². The SMILES string of the molecule is Cc1c(Cl)[nH]c2cc(F)ccc2c1=O. The Labute approximate surface area is 84.3 Å². The van der Waals surface area contributed by atoms with E-state index in [-0.39, 0.29) is 10.6 Å². The molecule has 4 heteroatoms. The Kier molecular flexibility index (Phi) is 2.04. The van der Waals surface area contributed by atoms with Gasteiger partial charge in [0.2, 0.25) is 0 Å². The molecule has 1 heterocycles. The lowest BCUT2D eigenvalue weighted by atomic mass is 10.1. The summed E-state index contributed by atoms with van der Waals surface area (Å²) >= 11 is 5.77. The Morgan fingerprint density at radius 2 is 2.14 bits per heavy atom. The number of halogens is 2. The van der Waals surface area contributed by atoms with Crippen LogP contribution >= 0.6 is 11.6 Å². The third kappa shape index (κ3) is 1.30. The number of aromatic amines is 1. The third-order valence-corrected chi connectivity index (χ3v) is 2.52. The maximum Gasteiger partial charge on any atom is 0.193 e. The Hall–Kier alpha value is -1.35. The van der Waals surface area contributed by atoms with Crippen molar-refractivity contribution in [2.24, 2.45) is 0 Å². The first kappa shape index (κ1) is 9.21. The van der Waals surface area contributed by atoms with Gasteiger partial charge in [-0.15, -0.1) is 0 Å². The van der Waals surface area contributed by atoms with E-state index in [9.17, 15) is 9.18 Å². The van der Waals surface area contributed by atoms with E-state index >= 15 is 0 Å². The number of rotatable bonds is 0. The zero-order valence-electron chi connectivity index (χ0n) is 7.40. The van der Waals surface area contributed by atoms with Crippen LogP contribution in [0.3, 0.4) is 0 Å². The van der Waals surface area contributed by atoms with Crippen molar-refractivity contribution in [2.45, 2.75) is 6.92 Å². The van der Waals surface area contributed by atoms with Crippen LogP contribution in [0.25, 0.3) is 10.9 Å². The van der Waals surface area contributed by atoms with Crippen molar-refractivity contribution in [3.05, 3.63) is 45.0 Å². The van der Waals surface area contributed by atoms with Gasteiger partial charge in [0, 0.05) is 10.9 Å². The average Bonchev–Trinajstić information content (AvgIpc) is 2.14. The molecule has 0 aliphatic rings. The molecule has 0 radical (unpaired) electrons. The van der Waals surface area contributed by atoms with Gasteiger partial charge in [0.05, 0.1) is 5.52 Å². The predicted octanol–water partition coefficient (Wildman–Crippen LogP) is 2.63. The van der Waals surface area contributed by atoms with Crippen molar-refractivity contribution in [1.29, 1.82) is 0 Å². The average molecular weight is 212 g/mol. The normalized spacial score (nSPS) is 10.8. The maximum atomic E-state index is 12.8. The summed E-state index contributed by atoms with van der Waals surface area (Å²) in [5, 5.41) is 0.710. The van der Waals surface area contributed by atoms with Crippen LogP contribution in [0.2, 0.25) is 5.15 Å². The van der Waals surface area contributed by atoms with Crippen molar-refractivity contribution in [2.75, 3.05) is 0 Å². The molecule has 1 N–H and O–H groups in total. The van der Waals surface area contributed by atoms with Crippen molar-refractivity contribution < 1.29 is 4.39 Å². The molecule has 0 saturated carbocycles. The number of H-pyrrole nitrogens is 1. The summed E-state index contributed by atoms with van der Waals surface area (Å²) < 4.78 is 12.8. The van der Waals surface area contributed by atoms with Crippen molar-refractivity contribution in [3.63, 3.8) is 0 Å². The number of benzene rings is 1. The molecule has 2 aromatic rings. The molecule has 0 fully saturated rings. The summed E-state index contributed by atoms with van der Waals surface area (Å²) in [6.45, 7) is 1.63. The fourth-order valence-corrected chi connectivity index (χ4v) is 1.52. The van der Waals surface area contributed by atoms with Gasteiger partial charge in [-0.1, -0.05) is 11.6 Å². The van der Waals surface area contributed by atoms with Gasteiger partial charge in [-0.25, -0.2) is 4.39 Å². The third-order valence-electron chi connectivity index (χ3n) is 2.14. The zero-order chi connectivity index (χ0) is 10.3. The molecule has 14 heavy (non-hydrogen) atoms. The molecule has 0 aliphatic carbocycles. The van der Waals surface area contributed by atoms with Crippen molar-refractivity contribution in [3.8, 4) is 0 Å². The van der Waals surface area contributed by atoms with Gasteiger partial charge >= 0.3 is 0 Å². The molecule has 0 aliphatic heterocycles. The van der Waals surface area contributed by atoms with E-state index in [0.717, 1.165) is 0 Å². The molecule has 2 rings (SSSR count). The van der Waals surface area contributed by atoms with Crippen LogP contribution in [0.5, 0.6) is 0 Å². The molecular formula is C10H7ClFNO. The molecule has 0 bridgehead atoms. The lowest BCUT2D eigenvalue weighted by Crippen LogP contribution is -2.07. The molecule has 1 aromatic carbocycles. The molecule has 2 nitrogen and oxygen atoms in total. The number of hydrogen-bond donors (Lipinski definition) is 1. The lowest BCUT2D eigenvalue weighted by Gasteiger charge is -2.01. The Morgan fingerprint density at radius 3 is 2.86 bits per heavy atom. The first-order chi connectivity index (χ1) is 6.59. The molecule has 0 atom stereocenters.